The average molecular weight is 256 g/mol. The third kappa shape index (κ3) is 3.22. The summed E-state index contributed by atoms with van der Waals surface area (Å²) in [4.78, 5) is 10.8. The van der Waals surface area contributed by atoms with Gasteiger partial charge in [-0.2, -0.15) is 0 Å². The van der Waals surface area contributed by atoms with E-state index in [0.717, 1.165) is 30.2 Å². The lowest BCUT2D eigenvalue weighted by atomic mass is 10.2. The molecule has 1 heterocycles. The first-order valence-corrected chi connectivity index (χ1v) is 6.54. The fraction of sp³-hybridized carbons (Fsp3) is 0.333. The van der Waals surface area contributed by atoms with Crippen LogP contribution in [-0.2, 0) is 6.42 Å². The monoisotopic (exact) mass is 256 g/mol. The number of aryl methyl sites for hydroxylation is 2. The van der Waals surface area contributed by atoms with Crippen LogP contribution in [0.1, 0.15) is 24.7 Å². The minimum Gasteiger partial charge on any atom is -0.384 e. The summed E-state index contributed by atoms with van der Waals surface area (Å²) in [6.07, 6.45) is 1.86. The van der Waals surface area contributed by atoms with Crippen LogP contribution in [0, 0.1) is 6.92 Å². The molecule has 2 N–H and O–H groups in total. The molecule has 1 aromatic carbocycles. The number of nitrogens with two attached hydrogens (primary N) is 1. The van der Waals surface area contributed by atoms with E-state index in [9.17, 15) is 0 Å². The van der Waals surface area contributed by atoms with E-state index in [1.165, 1.54) is 5.56 Å². The average Bonchev–Trinajstić information content (AvgIpc) is 2.38. The molecule has 2 aromatic rings. The van der Waals surface area contributed by atoms with Crippen molar-refractivity contribution in [2.24, 2.45) is 0 Å². The Kier molecular flexibility index (Phi) is 4.00. The van der Waals surface area contributed by atoms with Crippen molar-refractivity contribution in [3.8, 4) is 0 Å². The molecule has 2 rings (SSSR count). The number of aromatic nitrogens is 2. The molecular weight excluding hydrogens is 236 g/mol. The Morgan fingerprint density at radius 1 is 1.16 bits per heavy atom. The van der Waals surface area contributed by atoms with Crippen LogP contribution >= 0.6 is 0 Å². The van der Waals surface area contributed by atoms with Crippen molar-refractivity contribution < 1.29 is 0 Å². The first-order chi connectivity index (χ1) is 9.10. The van der Waals surface area contributed by atoms with Gasteiger partial charge >= 0.3 is 0 Å². The van der Waals surface area contributed by atoms with Gasteiger partial charge in [0.1, 0.15) is 17.5 Å². The highest BCUT2D eigenvalue weighted by Gasteiger charge is 2.08. The van der Waals surface area contributed by atoms with Crippen LogP contribution in [0.15, 0.2) is 30.3 Å². The van der Waals surface area contributed by atoms with Crippen molar-refractivity contribution in [2.75, 3.05) is 17.7 Å². The molecule has 0 saturated heterocycles. The molecule has 0 amide bonds. The minimum absolute atomic E-state index is 0.521. The van der Waals surface area contributed by atoms with Gasteiger partial charge in [-0.3, -0.25) is 0 Å². The van der Waals surface area contributed by atoms with Crippen LogP contribution in [0.4, 0.5) is 17.3 Å². The highest BCUT2D eigenvalue weighted by molar-refractivity contribution is 5.61. The number of hydrogen-bond donors (Lipinski definition) is 1. The van der Waals surface area contributed by atoms with E-state index in [0.29, 0.717) is 5.82 Å². The van der Waals surface area contributed by atoms with Gasteiger partial charge < -0.3 is 10.6 Å². The minimum atomic E-state index is 0.521. The maximum absolute atomic E-state index is 5.85. The second-order valence-electron chi connectivity index (χ2n) is 4.71. The summed E-state index contributed by atoms with van der Waals surface area (Å²) in [7, 11) is 1.99. The molecule has 1 aromatic heterocycles. The van der Waals surface area contributed by atoms with E-state index in [2.05, 4.69) is 48.1 Å². The number of anilines is 3. The summed E-state index contributed by atoms with van der Waals surface area (Å²) in [5.41, 5.74) is 8.18. The van der Waals surface area contributed by atoms with Crippen LogP contribution in [0.5, 0.6) is 0 Å². The summed E-state index contributed by atoms with van der Waals surface area (Å²) in [5.74, 6) is 2.16. The third-order valence-electron chi connectivity index (χ3n) is 3.02. The summed E-state index contributed by atoms with van der Waals surface area (Å²) in [5, 5.41) is 0. The summed E-state index contributed by atoms with van der Waals surface area (Å²) in [6, 6.07) is 10.1. The van der Waals surface area contributed by atoms with Crippen molar-refractivity contribution in [3.63, 3.8) is 0 Å². The second-order valence-corrected chi connectivity index (χ2v) is 4.71. The van der Waals surface area contributed by atoms with E-state index in [1.807, 2.05) is 11.9 Å². The zero-order valence-corrected chi connectivity index (χ0v) is 11.7. The van der Waals surface area contributed by atoms with Crippen molar-refractivity contribution in [2.45, 2.75) is 26.7 Å². The van der Waals surface area contributed by atoms with Gasteiger partial charge in [-0.05, 0) is 25.5 Å². The van der Waals surface area contributed by atoms with Crippen LogP contribution in [0.2, 0.25) is 0 Å². The normalized spacial score (nSPS) is 10.5. The molecule has 0 aliphatic carbocycles. The zero-order chi connectivity index (χ0) is 13.8. The maximum Gasteiger partial charge on any atom is 0.138 e. The van der Waals surface area contributed by atoms with E-state index in [-0.39, 0.29) is 0 Å². The molecule has 0 aliphatic rings. The molecule has 4 nitrogen and oxygen atoms in total. The lowest BCUT2D eigenvalue weighted by Gasteiger charge is -2.19. The number of hydrogen-bond acceptors (Lipinski definition) is 4. The standard InChI is InChI=1S/C15H20N4/c1-4-5-14-17-13(16)10-15(18-14)19(3)12-8-6-11(2)7-9-12/h6-10H,4-5H2,1-3H3,(H2,16,17,18). The molecule has 4 heteroatoms. The van der Waals surface area contributed by atoms with Gasteiger partial charge in [-0.25, -0.2) is 9.97 Å². The van der Waals surface area contributed by atoms with Crippen molar-refractivity contribution in [1.82, 2.24) is 9.97 Å². The molecule has 0 bridgehead atoms. The lowest BCUT2D eigenvalue weighted by molar-refractivity contribution is 0.834. The van der Waals surface area contributed by atoms with Crippen LogP contribution in [0.3, 0.4) is 0 Å². The Labute approximate surface area is 114 Å². The second kappa shape index (κ2) is 5.69. The third-order valence-corrected chi connectivity index (χ3v) is 3.02. The Balaban J connectivity index is 2.32. The number of nitrogen functional groups attached to an aromatic ring is 1. The first kappa shape index (κ1) is 13.3. The molecule has 0 unspecified atom stereocenters. The van der Waals surface area contributed by atoms with Gasteiger partial charge in [0, 0.05) is 25.2 Å². The van der Waals surface area contributed by atoms with Gasteiger partial charge in [0.05, 0.1) is 0 Å². The van der Waals surface area contributed by atoms with Crippen LogP contribution in [0.25, 0.3) is 0 Å². The van der Waals surface area contributed by atoms with Gasteiger partial charge in [0.15, 0.2) is 0 Å². The van der Waals surface area contributed by atoms with Gasteiger partial charge in [-0.1, -0.05) is 24.6 Å². The Bertz CT molecular complexity index is 549. The zero-order valence-electron chi connectivity index (χ0n) is 11.7. The fourth-order valence-electron chi connectivity index (χ4n) is 1.91. The van der Waals surface area contributed by atoms with E-state index in [4.69, 9.17) is 5.73 Å². The van der Waals surface area contributed by atoms with Crippen molar-refractivity contribution in [3.05, 3.63) is 41.7 Å². The molecule has 0 atom stereocenters. The predicted octanol–water partition coefficient (Wildman–Crippen LogP) is 3.09. The number of benzene rings is 1. The Morgan fingerprint density at radius 2 is 1.84 bits per heavy atom. The lowest BCUT2D eigenvalue weighted by Crippen LogP contribution is -2.13. The van der Waals surface area contributed by atoms with E-state index < -0.39 is 0 Å². The summed E-state index contributed by atoms with van der Waals surface area (Å²) in [6.45, 7) is 4.18. The molecule has 0 fully saturated rings. The predicted molar refractivity (Wildman–Crippen MR) is 79.7 cm³/mol. The topological polar surface area (TPSA) is 55.0 Å². The van der Waals surface area contributed by atoms with Crippen molar-refractivity contribution >= 4 is 17.3 Å². The molecule has 100 valence electrons. The molecule has 0 radical (unpaired) electrons. The first-order valence-electron chi connectivity index (χ1n) is 6.54. The van der Waals surface area contributed by atoms with Gasteiger partial charge in [0.2, 0.25) is 0 Å². The Morgan fingerprint density at radius 3 is 2.47 bits per heavy atom. The highest BCUT2D eigenvalue weighted by Crippen LogP contribution is 2.23. The largest absolute Gasteiger partial charge is 0.384 e. The molecule has 19 heavy (non-hydrogen) atoms. The smallest absolute Gasteiger partial charge is 0.138 e. The summed E-state index contributed by atoms with van der Waals surface area (Å²) < 4.78 is 0. The van der Waals surface area contributed by atoms with Gasteiger partial charge in [0.25, 0.3) is 0 Å². The maximum atomic E-state index is 5.85. The van der Waals surface area contributed by atoms with Crippen molar-refractivity contribution in [1.29, 1.82) is 0 Å². The van der Waals surface area contributed by atoms with E-state index >= 15 is 0 Å². The Hall–Kier alpha value is -2.10. The number of rotatable bonds is 4. The summed E-state index contributed by atoms with van der Waals surface area (Å²) >= 11 is 0. The quantitative estimate of drug-likeness (QED) is 0.913. The van der Waals surface area contributed by atoms with E-state index in [1.54, 1.807) is 6.07 Å². The van der Waals surface area contributed by atoms with Gasteiger partial charge in [-0.15, -0.1) is 0 Å². The molecule has 0 saturated carbocycles. The highest BCUT2D eigenvalue weighted by atomic mass is 15.2. The fourth-order valence-corrected chi connectivity index (χ4v) is 1.91. The molecule has 0 aliphatic heterocycles. The molecular formula is C15H20N4. The SMILES string of the molecule is CCCc1nc(N)cc(N(C)c2ccc(C)cc2)n1. The van der Waals surface area contributed by atoms with Crippen LogP contribution in [-0.4, -0.2) is 17.0 Å². The number of nitrogens with zero attached hydrogens (tertiary/aromatic N) is 3. The molecule has 0 spiro atoms. The van der Waals surface area contributed by atoms with Crippen LogP contribution < -0.4 is 10.6 Å².